The lowest BCUT2D eigenvalue weighted by Crippen LogP contribution is -2.34. The minimum absolute atomic E-state index is 0.523. The van der Waals surface area contributed by atoms with Crippen LogP contribution in [0.2, 0.25) is 0 Å². The Morgan fingerprint density at radius 1 is 1.35 bits per heavy atom. The quantitative estimate of drug-likeness (QED) is 0.624. The minimum Gasteiger partial charge on any atom is -0.370 e. The Balaban J connectivity index is 1.82. The smallest absolute Gasteiger partial charge is 0.188 e. The zero-order valence-electron chi connectivity index (χ0n) is 12.6. The Kier molecular flexibility index (Phi) is 5.38. The maximum absolute atomic E-state index is 5.82. The number of hydrogen-bond acceptors (Lipinski definition) is 3. The lowest BCUT2D eigenvalue weighted by atomic mass is 10.2. The number of nitrogens with one attached hydrogen (secondary N) is 1. The molecule has 1 aromatic rings. The molecule has 2 rings (SSSR count). The Labute approximate surface area is 120 Å². The summed E-state index contributed by atoms with van der Waals surface area (Å²) >= 11 is 0. The van der Waals surface area contributed by atoms with Crippen LogP contribution >= 0.6 is 0 Å². The van der Waals surface area contributed by atoms with Gasteiger partial charge in [-0.1, -0.05) is 20.3 Å². The van der Waals surface area contributed by atoms with Crippen LogP contribution < -0.4 is 11.1 Å². The molecule has 0 unspecified atom stereocenters. The number of aliphatic imine (C=N–C) groups is 1. The lowest BCUT2D eigenvalue weighted by Gasteiger charge is -2.08. The second kappa shape index (κ2) is 7.26. The molecule has 0 aromatic carbocycles. The van der Waals surface area contributed by atoms with Crippen molar-refractivity contribution < 1.29 is 0 Å². The predicted molar refractivity (Wildman–Crippen MR) is 80.6 cm³/mol. The SMILES string of the molecule is CC(C)CN=C(N)NCCc1nnc2n1CCCCC2. The third-order valence-corrected chi connectivity index (χ3v) is 3.47. The van der Waals surface area contributed by atoms with Gasteiger partial charge in [0.15, 0.2) is 5.96 Å². The van der Waals surface area contributed by atoms with Crippen LogP contribution in [0.3, 0.4) is 0 Å². The van der Waals surface area contributed by atoms with E-state index in [0.29, 0.717) is 11.9 Å². The Hall–Kier alpha value is -1.59. The third kappa shape index (κ3) is 4.21. The molecule has 1 aliphatic rings. The van der Waals surface area contributed by atoms with Crippen molar-refractivity contribution in [3.8, 4) is 0 Å². The van der Waals surface area contributed by atoms with Gasteiger partial charge in [0.1, 0.15) is 11.6 Å². The van der Waals surface area contributed by atoms with E-state index in [2.05, 4.69) is 38.9 Å². The topological polar surface area (TPSA) is 81.1 Å². The van der Waals surface area contributed by atoms with Gasteiger partial charge in [-0.05, 0) is 18.8 Å². The number of rotatable bonds is 5. The summed E-state index contributed by atoms with van der Waals surface area (Å²) < 4.78 is 2.27. The number of aromatic nitrogens is 3. The summed E-state index contributed by atoms with van der Waals surface area (Å²) in [6.07, 6.45) is 5.63. The molecule has 6 heteroatoms. The zero-order valence-corrected chi connectivity index (χ0v) is 12.6. The van der Waals surface area contributed by atoms with Crippen LogP contribution in [0.4, 0.5) is 0 Å². The highest BCUT2D eigenvalue weighted by Gasteiger charge is 2.14. The van der Waals surface area contributed by atoms with E-state index in [1.807, 2.05) is 0 Å². The van der Waals surface area contributed by atoms with Crippen LogP contribution in [0.15, 0.2) is 4.99 Å². The molecule has 0 bridgehead atoms. The van der Waals surface area contributed by atoms with E-state index in [0.717, 1.165) is 44.1 Å². The van der Waals surface area contributed by atoms with Crippen LogP contribution in [-0.2, 0) is 19.4 Å². The first kappa shape index (κ1) is 14.8. The largest absolute Gasteiger partial charge is 0.370 e. The van der Waals surface area contributed by atoms with Crippen LogP contribution in [0.25, 0.3) is 0 Å². The van der Waals surface area contributed by atoms with Crippen LogP contribution in [0, 0.1) is 5.92 Å². The number of fused-ring (bicyclic) bond motifs is 1. The van der Waals surface area contributed by atoms with E-state index in [1.165, 1.54) is 19.3 Å². The maximum atomic E-state index is 5.82. The average molecular weight is 278 g/mol. The van der Waals surface area contributed by atoms with E-state index in [4.69, 9.17) is 5.73 Å². The summed E-state index contributed by atoms with van der Waals surface area (Å²) in [6, 6.07) is 0. The van der Waals surface area contributed by atoms with Gasteiger partial charge in [0, 0.05) is 32.5 Å². The first-order valence-corrected chi connectivity index (χ1v) is 7.61. The van der Waals surface area contributed by atoms with Crippen molar-refractivity contribution in [2.75, 3.05) is 13.1 Å². The Morgan fingerprint density at radius 2 is 2.20 bits per heavy atom. The highest BCUT2D eigenvalue weighted by molar-refractivity contribution is 5.77. The van der Waals surface area contributed by atoms with Gasteiger partial charge < -0.3 is 15.6 Å². The van der Waals surface area contributed by atoms with E-state index in [-0.39, 0.29) is 0 Å². The van der Waals surface area contributed by atoms with Crippen molar-refractivity contribution in [2.45, 2.75) is 52.5 Å². The monoisotopic (exact) mass is 278 g/mol. The molecule has 0 saturated carbocycles. The molecule has 1 aliphatic heterocycles. The number of hydrogen-bond donors (Lipinski definition) is 2. The molecule has 0 radical (unpaired) electrons. The Bertz CT molecular complexity index is 449. The first-order valence-electron chi connectivity index (χ1n) is 7.61. The molecule has 0 atom stereocenters. The summed E-state index contributed by atoms with van der Waals surface area (Å²) in [6.45, 7) is 6.82. The summed E-state index contributed by atoms with van der Waals surface area (Å²) in [7, 11) is 0. The maximum Gasteiger partial charge on any atom is 0.188 e. The molecule has 0 spiro atoms. The number of nitrogens with two attached hydrogens (primary N) is 1. The van der Waals surface area contributed by atoms with Crippen molar-refractivity contribution >= 4 is 5.96 Å². The van der Waals surface area contributed by atoms with Crippen molar-refractivity contribution in [3.05, 3.63) is 11.6 Å². The fraction of sp³-hybridized carbons (Fsp3) is 0.786. The summed E-state index contributed by atoms with van der Waals surface area (Å²) in [5.74, 6) is 3.25. The molecule has 0 saturated heterocycles. The average Bonchev–Trinajstić information content (AvgIpc) is 2.65. The van der Waals surface area contributed by atoms with Gasteiger partial charge in [-0.2, -0.15) is 0 Å². The van der Waals surface area contributed by atoms with Crippen molar-refractivity contribution in [1.82, 2.24) is 20.1 Å². The fourth-order valence-corrected chi connectivity index (χ4v) is 2.37. The zero-order chi connectivity index (χ0) is 14.4. The number of nitrogens with zero attached hydrogens (tertiary/aromatic N) is 4. The molecule has 0 amide bonds. The van der Waals surface area contributed by atoms with Gasteiger partial charge in [0.25, 0.3) is 0 Å². The summed E-state index contributed by atoms with van der Waals surface area (Å²) in [5.41, 5.74) is 5.82. The van der Waals surface area contributed by atoms with E-state index >= 15 is 0 Å². The molecule has 1 aromatic heterocycles. The molecular formula is C14H26N6. The first-order chi connectivity index (χ1) is 9.66. The fourth-order valence-electron chi connectivity index (χ4n) is 2.37. The van der Waals surface area contributed by atoms with Crippen LogP contribution in [-0.4, -0.2) is 33.8 Å². The number of guanidine groups is 1. The van der Waals surface area contributed by atoms with Crippen molar-refractivity contribution in [3.63, 3.8) is 0 Å². The molecule has 6 nitrogen and oxygen atoms in total. The predicted octanol–water partition coefficient (Wildman–Crippen LogP) is 1.11. The molecular weight excluding hydrogens is 252 g/mol. The molecule has 20 heavy (non-hydrogen) atoms. The van der Waals surface area contributed by atoms with E-state index in [9.17, 15) is 0 Å². The van der Waals surface area contributed by atoms with Gasteiger partial charge in [0.05, 0.1) is 0 Å². The molecule has 3 N–H and O–H groups in total. The van der Waals surface area contributed by atoms with Gasteiger partial charge >= 0.3 is 0 Å². The second-order valence-electron chi connectivity index (χ2n) is 5.79. The highest BCUT2D eigenvalue weighted by atomic mass is 15.3. The summed E-state index contributed by atoms with van der Waals surface area (Å²) in [4.78, 5) is 4.29. The van der Waals surface area contributed by atoms with Gasteiger partial charge in [0.2, 0.25) is 0 Å². The lowest BCUT2D eigenvalue weighted by molar-refractivity contribution is 0.600. The van der Waals surface area contributed by atoms with Crippen molar-refractivity contribution in [2.24, 2.45) is 16.6 Å². The van der Waals surface area contributed by atoms with E-state index in [1.54, 1.807) is 0 Å². The van der Waals surface area contributed by atoms with Gasteiger partial charge in [-0.3, -0.25) is 4.99 Å². The second-order valence-corrected chi connectivity index (χ2v) is 5.79. The standard InChI is InChI=1S/C14H26N6/c1-11(2)10-17-14(15)16-8-7-13-19-18-12-6-4-3-5-9-20(12)13/h11H,3-10H2,1-2H3,(H3,15,16,17). The third-order valence-electron chi connectivity index (χ3n) is 3.47. The molecule has 2 heterocycles. The van der Waals surface area contributed by atoms with Crippen molar-refractivity contribution in [1.29, 1.82) is 0 Å². The summed E-state index contributed by atoms with van der Waals surface area (Å²) in [5, 5.41) is 11.7. The normalized spacial score (nSPS) is 16.1. The Morgan fingerprint density at radius 3 is 3.00 bits per heavy atom. The molecule has 0 aliphatic carbocycles. The molecule has 0 fully saturated rings. The highest BCUT2D eigenvalue weighted by Crippen LogP contribution is 2.14. The van der Waals surface area contributed by atoms with E-state index < -0.39 is 0 Å². The van der Waals surface area contributed by atoms with Gasteiger partial charge in [-0.15, -0.1) is 10.2 Å². The number of aryl methyl sites for hydroxylation is 1. The molecule has 112 valence electrons. The van der Waals surface area contributed by atoms with Gasteiger partial charge in [-0.25, -0.2) is 0 Å². The van der Waals surface area contributed by atoms with Crippen LogP contribution in [0.5, 0.6) is 0 Å². The minimum atomic E-state index is 0.523. The van der Waals surface area contributed by atoms with Crippen LogP contribution in [0.1, 0.15) is 44.8 Å².